The minimum Gasteiger partial charge on any atom is -0.310 e. The van der Waals surface area contributed by atoms with E-state index in [-0.39, 0.29) is 5.56 Å². The van der Waals surface area contributed by atoms with Crippen molar-refractivity contribution in [3.05, 3.63) is 57.5 Å². The second kappa shape index (κ2) is 4.91. The van der Waals surface area contributed by atoms with Gasteiger partial charge in [-0.25, -0.2) is 4.98 Å². The van der Waals surface area contributed by atoms with Crippen molar-refractivity contribution in [1.29, 1.82) is 0 Å². The van der Waals surface area contributed by atoms with Gasteiger partial charge in [-0.3, -0.25) is 9.78 Å². The lowest BCUT2D eigenvalue weighted by atomic mass is 10.2. The number of pyridine rings is 1. The standard InChI is InChI=1S/C13H15N3O/c1-3-11-9(2)13(17)16-12(15-11)8-10-6-4-5-7-14-10/h4-7H,3,8H2,1-2H3,(H,15,16,17). The topological polar surface area (TPSA) is 58.6 Å². The molecule has 0 amide bonds. The van der Waals surface area contributed by atoms with Gasteiger partial charge in [-0.1, -0.05) is 13.0 Å². The Labute approximate surface area is 99.8 Å². The largest absolute Gasteiger partial charge is 0.310 e. The van der Waals surface area contributed by atoms with Gasteiger partial charge in [0.2, 0.25) is 0 Å². The molecule has 17 heavy (non-hydrogen) atoms. The fourth-order valence-electron chi connectivity index (χ4n) is 1.73. The van der Waals surface area contributed by atoms with E-state index in [0.717, 1.165) is 17.8 Å². The van der Waals surface area contributed by atoms with Crippen LogP contribution in [0.3, 0.4) is 0 Å². The molecule has 0 bridgehead atoms. The van der Waals surface area contributed by atoms with E-state index in [9.17, 15) is 4.79 Å². The molecule has 0 saturated heterocycles. The van der Waals surface area contributed by atoms with Gasteiger partial charge in [0.1, 0.15) is 5.82 Å². The third-order valence-corrected chi connectivity index (χ3v) is 2.71. The average molecular weight is 229 g/mol. The summed E-state index contributed by atoms with van der Waals surface area (Å²) in [7, 11) is 0. The number of hydrogen-bond donors (Lipinski definition) is 1. The molecule has 0 aromatic carbocycles. The number of hydrogen-bond acceptors (Lipinski definition) is 3. The van der Waals surface area contributed by atoms with Crippen LogP contribution in [-0.4, -0.2) is 15.0 Å². The minimum absolute atomic E-state index is 0.0530. The maximum Gasteiger partial charge on any atom is 0.254 e. The molecule has 2 heterocycles. The molecule has 0 aliphatic heterocycles. The molecule has 0 unspecified atom stereocenters. The highest BCUT2D eigenvalue weighted by Gasteiger charge is 2.06. The Bertz CT molecular complexity index is 561. The zero-order chi connectivity index (χ0) is 12.3. The van der Waals surface area contributed by atoms with Crippen LogP contribution in [0.4, 0.5) is 0 Å². The lowest BCUT2D eigenvalue weighted by Gasteiger charge is -2.05. The van der Waals surface area contributed by atoms with Crippen molar-refractivity contribution in [3.8, 4) is 0 Å². The highest BCUT2D eigenvalue weighted by Crippen LogP contribution is 2.04. The van der Waals surface area contributed by atoms with Crippen LogP contribution >= 0.6 is 0 Å². The summed E-state index contributed by atoms with van der Waals surface area (Å²) < 4.78 is 0. The van der Waals surface area contributed by atoms with Crippen molar-refractivity contribution in [3.63, 3.8) is 0 Å². The Hall–Kier alpha value is -1.97. The molecule has 2 rings (SSSR count). The predicted molar refractivity (Wildman–Crippen MR) is 66.0 cm³/mol. The molecule has 0 aliphatic carbocycles. The minimum atomic E-state index is -0.0530. The zero-order valence-corrected chi connectivity index (χ0v) is 10.0. The van der Waals surface area contributed by atoms with Gasteiger partial charge in [0, 0.05) is 23.9 Å². The third kappa shape index (κ3) is 2.58. The van der Waals surface area contributed by atoms with Crippen LogP contribution in [0.2, 0.25) is 0 Å². The number of aromatic nitrogens is 3. The Balaban J connectivity index is 2.34. The second-order valence-corrected chi connectivity index (χ2v) is 3.94. The van der Waals surface area contributed by atoms with Gasteiger partial charge >= 0.3 is 0 Å². The quantitative estimate of drug-likeness (QED) is 0.870. The zero-order valence-electron chi connectivity index (χ0n) is 10.0. The third-order valence-electron chi connectivity index (χ3n) is 2.71. The van der Waals surface area contributed by atoms with Crippen molar-refractivity contribution in [2.45, 2.75) is 26.7 Å². The van der Waals surface area contributed by atoms with Crippen LogP contribution in [0.5, 0.6) is 0 Å². The summed E-state index contributed by atoms with van der Waals surface area (Å²) in [6.45, 7) is 3.80. The van der Waals surface area contributed by atoms with Gasteiger partial charge in [0.05, 0.1) is 5.69 Å². The summed E-state index contributed by atoms with van der Waals surface area (Å²) in [6.07, 6.45) is 3.07. The molecular formula is C13H15N3O. The number of aryl methyl sites for hydroxylation is 1. The molecule has 0 fully saturated rings. The Morgan fingerprint density at radius 2 is 2.18 bits per heavy atom. The highest BCUT2D eigenvalue weighted by molar-refractivity contribution is 5.18. The van der Waals surface area contributed by atoms with E-state index in [0.29, 0.717) is 17.8 Å². The monoisotopic (exact) mass is 229 g/mol. The predicted octanol–water partition coefficient (Wildman–Crippen LogP) is 1.63. The van der Waals surface area contributed by atoms with Crippen molar-refractivity contribution in [2.24, 2.45) is 0 Å². The SMILES string of the molecule is CCc1nc(Cc2ccccn2)[nH]c(=O)c1C. The van der Waals surface area contributed by atoms with E-state index in [2.05, 4.69) is 15.0 Å². The fraction of sp³-hybridized carbons (Fsp3) is 0.308. The fourth-order valence-corrected chi connectivity index (χ4v) is 1.73. The van der Waals surface area contributed by atoms with E-state index in [1.54, 1.807) is 13.1 Å². The molecular weight excluding hydrogens is 214 g/mol. The van der Waals surface area contributed by atoms with Crippen molar-refractivity contribution in [1.82, 2.24) is 15.0 Å². The van der Waals surface area contributed by atoms with Crippen LogP contribution in [-0.2, 0) is 12.8 Å². The van der Waals surface area contributed by atoms with Gasteiger partial charge in [0.15, 0.2) is 0 Å². The molecule has 0 atom stereocenters. The number of aromatic amines is 1. The lowest BCUT2D eigenvalue weighted by molar-refractivity contribution is 0.856. The molecule has 4 heteroatoms. The molecule has 4 nitrogen and oxygen atoms in total. The molecule has 0 spiro atoms. The second-order valence-electron chi connectivity index (χ2n) is 3.94. The average Bonchev–Trinajstić information content (AvgIpc) is 2.35. The first-order chi connectivity index (χ1) is 8.20. The number of rotatable bonds is 3. The van der Waals surface area contributed by atoms with Crippen LogP contribution in [0.25, 0.3) is 0 Å². The molecule has 2 aromatic rings. The first kappa shape index (κ1) is 11.5. The number of nitrogens with zero attached hydrogens (tertiary/aromatic N) is 2. The van der Waals surface area contributed by atoms with E-state index in [1.165, 1.54) is 0 Å². The summed E-state index contributed by atoms with van der Waals surface area (Å²) >= 11 is 0. The molecule has 0 aliphatic rings. The first-order valence-electron chi connectivity index (χ1n) is 5.69. The molecule has 0 radical (unpaired) electrons. The highest BCUT2D eigenvalue weighted by atomic mass is 16.1. The van der Waals surface area contributed by atoms with E-state index in [1.807, 2.05) is 25.1 Å². The lowest BCUT2D eigenvalue weighted by Crippen LogP contribution is -2.18. The Morgan fingerprint density at radius 1 is 1.35 bits per heavy atom. The van der Waals surface area contributed by atoms with Crippen LogP contribution < -0.4 is 5.56 Å². The van der Waals surface area contributed by atoms with Gasteiger partial charge in [0.25, 0.3) is 5.56 Å². The van der Waals surface area contributed by atoms with E-state index >= 15 is 0 Å². The molecule has 88 valence electrons. The summed E-state index contributed by atoms with van der Waals surface area (Å²) in [5.74, 6) is 0.677. The Kier molecular flexibility index (Phi) is 3.32. The van der Waals surface area contributed by atoms with Crippen LogP contribution in [0.1, 0.15) is 29.7 Å². The molecule has 1 N–H and O–H groups in total. The summed E-state index contributed by atoms with van der Waals surface area (Å²) in [5.41, 5.74) is 2.42. The van der Waals surface area contributed by atoms with E-state index in [4.69, 9.17) is 0 Å². The van der Waals surface area contributed by atoms with Gasteiger partial charge < -0.3 is 4.98 Å². The molecule has 2 aromatic heterocycles. The van der Waals surface area contributed by atoms with Gasteiger partial charge in [-0.2, -0.15) is 0 Å². The first-order valence-corrected chi connectivity index (χ1v) is 5.69. The number of nitrogens with one attached hydrogen (secondary N) is 1. The van der Waals surface area contributed by atoms with Crippen LogP contribution in [0, 0.1) is 6.92 Å². The van der Waals surface area contributed by atoms with Crippen molar-refractivity contribution in [2.75, 3.05) is 0 Å². The van der Waals surface area contributed by atoms with E-state index < -0.39 is 0 Å². The Morgan fingerprint density at radius 3 is 2.82 bits per heavy atom. The smallest absolute Gasteiger partial charge is 0.254 e. The van der Waals surface area contributed by atoms with Gasteiger partial charge in [-0.05, 0) is 25.5 Å². The van der Waals surface area contributed by atoms with Crippen molar-refractivity contribution >= 4 is 0 Å². The maximum absolute atomic E-state index is 11.7. The molecule has 0 saturated carbocycles. The van der Waals surface area contributed by atoms with Crippen LogP contribution in [0.15, 0.2) is 29.2 Å². The summed E-state index contributed by atoms with van der Waals surface area (Å²) in [6, 6.07) is 5.72. The number of H-pyrrole nitrogens is 1. The normalized spacial score (nSPS) is 10.5. The summed E-state index contributed by atoms with van der Waals surface area (Å²) in [5, 5.41) is 0. The maximum atomic E-state index is 11.7. The van der Waals surface area contributed by atoms with Gasteiger partial charge in [-0.15, -0.1) is 0 Å². The summed E-state index contributed by atoms with van der Waals surface area (Å²) in [4.78, 5) is 23.2. The van der Waals surface area contributed by atoms with Crippen molar-refractivity contribution < 1.29 is 0 Å².